The summed E-state index contributed by atoms with van der Waals surface area (Å²) >= 11 is 7.75. The van der Waals surface area contributed by atoms with Gasteiger partial charge in [-0.2, -0.15) is 0 Å². The van der Waals surface area contributed by atoms with Crippen molar-refractivity contribution in [2.75, 3.05) is 13.2 Å². The number of hydrogen-bond acceptors (Lipinski definition) is 6. The highest BCUT2D eigenvalue weighted by molar-refractivity contribution is 7.14. The van der Waals surface area contributed by atoms with E-state index in [0.29, 0.717) is 46.1 Å². The summed E-state index contributed by atoms with van der Waals surface area (Å²) in [6, 6.07) is 10.5. The van der Waals surface area contributed by atoms with E-state index in [1.165, 1.54) is 24.2 Å². The number of nitrogens with zero attached hydrogens (tertiary/aromatic N) is 2. The largest absolute Gasteiger partial charge is 0.493 e. The molecule has 1 fully saturated rings. The van der Waals surface area contributed by atoms with E-state index in [9.17, 15) is 9.59 Å². The van der Waals surface area contributed by atoms with Crippen LogP contribution in [-0.2, 0) is 6.54 Å². The van der Waals surface area contributed by atoms with Gasteiger partial charge in [-0.15, -0.1) is 0 Å². The molecule has 37 heavy (non-hydrogen) atoms. The quantitative estimate of drug-likeness (QED) is 0.334. The molecule has 192 valence electrons. The maximum atomic E-state index is 12.9. The zero-order valence-electron chi connectivity index (χ0n) is 20.7. The van der Waals surface area contributed by atoms with Crippen LogP contribution < -0.4 is 14.8 Å². The summed E-state index contributed by atoms with van der Waals surface area (Å²) in [5.41, 5.74) is 1.93. The number of aromatic nitrogens is 1. The van der Waals surface area contributed by atoms with Gasteiger partial charge in [-0.1, -0.05) is 35.1 Å². The number of ether oxygens (including phenoxy) is 2. The minimum absolute atomic E-state index is 0.0255. The van der Waals surface area contributed by atoms with E-state index in [1.54, 1.807) is 41.4 Å². The predicted octanol–water partition coefficient (Wildman–Crippen LogP) is 6.19. The number of thiazole rings is 1. The monoisotopic (exact) mass is 537 g/mol. The molecule has 0 radical (unpaired) electrons. The van der Waals surface area contributed by atoms with Crippen LogP contribution in [0.25, 0.3) is 6.08 Å². The first-order valence-electron chi connectivity index (χ1n) is 12.4. The second-order valence-corrected chi connectivity index (χ2v) is 10.7. The Morgan fingerprint density at radius 1 is 1.32 bits per heavy atom. The highest BCUT2D eigenvalue weighted by Crippen LogP contribution is 2.35. The molecule has 7 nitrogen and oxygen atoms in total. The molecule has 1 aromatic heterocycles. The van der Waals surface area contributed by atoms with Crippen molar-refractivity contribution in [3.8, 4) is 16.7 Å². The number of nitrogens with one attached hydrogen (secondary N) is 1. The van der Waals surface area contributed by atoms with Crippen molar-refractivity contribution in [2.24, 2.45) is 5.92 Å². The Hall–Kier alpha value is -3.36. The van der Waals surface area contributed by atoms with Crippen LogP contribution in [0, 0.1) is 5.92 Å². The minimum Gasteiger partial charge on any atom is -0.493 e. The molecule has 1 N–H and O–H groups in total. The number of benzene rings is 2. The maximum Gasteiger partial charge on any atom is 0.279 e. The molecular formula is C28H28ClN3O4S. The SMILES string of the molecule is CCN1Cc2c(C(=O)N[C@@H](C)/C=C/c3cnc(Oc4ccc(OCC5CC5)cc4Cl)s3)cccc2C1=O. The Bertz CT molecular complexity index is 1350. The van der Waals surface area contributed by atoms with Gasteiger partial charge in [0.1, 0.15) is 11.5 Å². The molecule has 9 heteroatoms. The number of carbonyl (C=O) groups is 2. The van der Waals surface area contributed by atoms with Crippen LogP contribution in [0.1, 0.15) is 57.8 Å². The third kappa shape index (κ3) is 5.97. The van der Waals surface area contributed by atoms with E-state index < -0.39 is 0 Å². The van der Waals surface area contributed by atoms with Gasteiger partial charge in [0.05, 0.1) is 16.5 Å². The zero-order chi connectivity index (χ0) is 25.9. The maximum absolute atomic E-state index is 12.9. The molecule has 3 aromatic rings. The van der Waals surface area contributed by atoms with Crippen LogP contribution in [0.2, 0.25) is 5.02 Å². The van der Waals surface area contributed by atoms with Crippen molar-refractivity contribution in [1.82, 2.24) is 15.2 Å². The number of halogens is 1. The van der Waals surface area contributed by atoms with Gasteiger partial charge in [-0.3, -0.25) is 9.59 Å². The van der Waals surface area contributed by atoms with E-state index in [2.05, 4.69) is 10.3 Å². The van der Waals surface area contributed by atoms with E-state index in [-0.39, 0.29) is 17.9 Å². The zero-order valence-corrected chi connectivity index (χ0v) is 22.3. The van der Waals surface area contributed by atoms with E-state index in [0.717, 1.165) is 22.8 Å². The second-order valence-electron chi connectivity index (χ2n) is 9.25. The van der Waals surface area contributed by atoms with Crippen molar-refractivity contribution in [2.45, 2.75) is 39.3 Å². The summed E-state index contributed by atoms with van der Waals surface area (Å²) in [6.45, 7) is 5.62. The Morgan fingerprint density at radius 3 is 2.92 bits per heavy atom. The fraction of sp³-hybridized carbons (Fsp3) is 0.321. The Kier molecular flexibility index (Phi) is 7.48. The highest BCUT2D eigenvalue weighted by Gasteiger charge is 2.30. The molecule has 2 aromatic carbocycles. The molecule has 2 aliphatic rings. The third-order valence-electron chi connectivity index (χ3n) is 6.36. The second kappa shape index (κ2) is 10.9. The third-order valence-corrected chi connectivity index (χ3v) is 7.50. The van der Waals surface area contributed by atoms with Crippen LogP contribution in [0.5, 0.6) is 16.7 Å². The molecule has 0 saturated heterocycles. The smallest absolute Gasteiger partial charge is 0.279 e. The Labute approximate surface area is 225 Å². The standard InChI is InChI=1S/C28H28ClN3O4S/c1-3-32-15-23-21(5-4-6-22(23)27(32)34)26(33)31-17(2)7-11-20-14-30-28(37-20)36-25-12-10-19(13-24(25)29)35-16-18-8-9-18/h4-7,10-14,17-18H,3,8-9,15-16H2,1-2H3,(H,31,33)/b11-7+/t17-/m0/s1. The van der Waals surface area contributed by atoms with Crippen molar-refractivity contribution < 1.29 is 19.1 Å². The van der Waals surface area contributed by atoms with Gasteiger partial charge in [0.2, 0.25) is 0 Å². The lowest BCUT2D eigenvalue weighted by Crippen LogP contribution is -2.31. The van der Waals surface area contributed by atoms with Gasteiger partial charge in [0.15, 0.2) is 0 Å². The van der Waals surface area contributed by atoms with Gasteiger partial charge >= 0.3 is 0 Å². The molecule has 2 amide bonds. The lowest BCUT2D eigenvalue weighted by atomic mass is 10.0. The topological polar surface area (TPSA) is 80.8 Å². The number of hydrogen-bond donors (Lipinski definition) is 1. The predicted molar refractivity (Wildman–Crippen MR) is 145 cm³/mol. The number of carbonyl (C=O) groups excluding carboxylic acids is 2. The number of rotatable bonds is 10. The Morgan fingerprint density at radius 2 is 2.16 bits per heavy atom. The average molecular weight is 538 g/mol. The van der Waals surface area contributed by atoms with Gasteiger partial charge in [-0.25, -0.2) is 4.98 Å². The molecule has 2 heterocycles. The summed E-state index contributed by atoms with van der Waals surface area (Å²) in [5.74, 6) is 1.69. The molecule has 1 atom stereocenters. The van der Waals surface area contributed by atoms with Gasteiger partial charge in [0, 0.05) is 42.5 Å². The van der Waals surface area contributed by atoms with Gasteiger partial charge < -0.3 is 19.7 Å². The van der Waals surface area contributed by atoms with E-state index in [4.69, 9.17) is 21.1 Å². The molecule has 1 aliphatic heterocycles. The molecule has 5 rings (SSSR count). The summed E-state index contributed by atoms with van der Waals surface area (Å²) in [6.07, 6.45) is 7.96. The van der Waals surface area contributed by atoms with Crippen molar-refractivity contribution in [3.05, 3.63) is 75.3 Å². The molecule has 0 bridgehead atoms. The fourth-order valence-corrected chi connectivity index (χ4v) is 4.97. The average Bonchev–Trinajstić information content (AvgIpc) is 3.52. The summed E-state index contributed by atoms with van der Waals surface area (Å²) < 4.78 is 11.6. The summed E-state index contributed by atoms with van der Waals surface area (Å²) in [4.78, 5) is 32.3. The van der Waals surface area contributed by atoms with Gasteiger partial charge in [0.25, 0.3) is 17.0 Å². The van der Waals surface area contributed by atoms with E-state index in [1.807, 2.05) is 32.1 Å². The number of fused-ring (bicyclic) bond motifs is 1. The van der Waals surface area contributed by atoms with Crippen LogP contribution in [0.15, 0.2) is 48.7 Å². The lowest BCUT2D eigenvalue weighted by molar-refractivity contribution is 0.0786. The van der Waals surface area contributed by atoms with Crippen LogP contribution >= 0.6 is 22.9 Å². The first-order chi connectivity index (χ1) is 17.9. The van der Waals surface area contributed by atoms with Crippen molar-refractivity contribution in [3.63, 3.8) is 0 Å². The molecule has 1 saturated carbocycles. The molecular weight excluding hydrogens is 510 g/mol. The molecule has 1 aliphatic carbocycles. The molecule has 0 spiro atoms. The highest BCUT2D eigenvalue weighted by atomic mass is 35.5. The van der Waals surface area contributed by atoms with Crippen molar-refractivity contribution >= 4 is 40.8 Å². The lowest BCUT2D eigenvalue weighted by Gasteiger charge is -2.13. The summed E-state index contributed by atoms with van der Waals surface area (Å²) in [7, 11) is 0. The summed E-state index contributed by atoms with van der Waals surface area (Å²) in [5, 5.41) is 3.93. The van der Waals surface area contributed by atoms with Crippen LogP contribution in [0.3, 0.4) is 0 Å². The number of amides is 2. The van der Waals surface area contributed by atoms with Crippen molar-refractivity contribution in [1.29, 1.82) is 0 Å². The van der Waals surface area contributed by atoms with Gasteiger partial charge in [-0.05, 0) is 68.5 Å². The minimum atomic E-state index is -0.230. The van der Waals surface area contributed by atoms with Crippen LogP contribution in [0.4, 0.5) is 0 Å². The van der Waals surface area contributed by atoms with Crippen LogP contribution in [-0.4, -0.2) is 40.9 Å². The first kappa shape index (κ1) is 25.3. The normalized spacial score (nSPS) is 15.6. The first-order valence-corrected chi connectivity index (χ1v) is 13.6. The molecule has 0 unspecified atom stereocenters. The fourth-order valence-electron chi connectivity index (χ4n) is 4.07. The Balaban J connectivity index is 1.17. The van der Waals surface area contributed by atoms with E-state index >= 15 is 0 Å².